The summed E-state index contributed by atoms with van der Waals surface area (Å²) in [6.45, 7) is 11.4. The maximum Gasteiger partial charge on any atom is 0.332 e. The number of hydrogen-bond donors (Lipinski definition) is 3. The molecule has 2 rings (SSSR count). The zero-order valence-corrected chi connectivity index (χ0v) is 23.7. The monoisotopic (exact) mass is 548 g/mol. The van der Waals surface area contributed by atoms with Gasteiger partial charge in [-0.15, -0.1) is 0 Å². The van der Waals surface area contributed by atoms with Crippen molar-refractivity contribution in [1.29, 1.82) is 5.41 Å². The number of carbonyl (C=O) groups is 4. The molecule has 12 heteroatoms. The molecule has 1 heterocycles. The zero-order valence-electron chi connectivity index (χ0n) is 23.7. The van der Waals surface area contributed by atoms with Crippen LogP contribution in [-0.2, 0) is 33.3 Å². The lowest BCUT2D eigenvalue weighted by Crippen LogP contribution is -2.46. The minimum absolute atomic E-state index is 0.0775. The Morgan fingerprint density at radius 3 is 1.69 bits per heavy atom. The molecule has 0 aliphatic carbocycles. The molecule has 1 fully saturated rings. The number of hydrogen-bond acceptors (Lipinski definition) is 9. The highest BCUT2D eigenvalue weighted by Gasteiger charge is 2.39. The van der Waals surface area contributed by atoms with Gasteiger partial charge in [-0.3, -0.25) is 15.0 Å². The zero-order chi connectivity index (χ0) is 29.5. The highest BCUT2D eigenvalue weighted by atomic mass is 16.6. The quantitative estimate of drug-likeness (QED) is 0.222. The van der Waals surface area contributed by atoms with Crippen molar-refractivity contribution in [2.45, 2.75) is 77.9 Å². The number of nitrogens with one attached hydrogen (secondary N) is 2. The second-order valence-electron chi connectivity index (χ2n) is 11.3. The van der Waals surface area contributed by atoms with Crippen molar-refractivity contribution in [1.82, 2.24) is 10.2 Å². The van der Waals surface area contributed by atoms with Gasteiger partial charge in [0.25, 0.3) is 5.91 Å². The summed E-state index contributed by atoms with van der Waals surface area (Å²) < 4.78 is 22.0. The smallest absolute Gasteiger partial charge is 0.332 e. The lowest BCUT2D eigenvalue weighted by molar-refractivity contribution is -0.169. The number of nitrogen functional groups attached to an aromatic ring is 1. The summed E-state index contributed by atoms with van der Waals surface area (Å²) in [5, 5.41) is 10.1. The molecule has 12 nitrogen and oxygen atoms in total. The minimum atomic E-state index is -0.888. The fourth-order valence-electron chi connectivity index (χ4n) is 3.75. The number of benzene rings is 1. The third kappa shape index (κ3) is 10.6. The van der Waals surface area contributed by atoms with E-state index in [1.54, 1.807) is 60.6 Å². The predicted octanol–water partition coefficient (Wildman–Crippen LogP) is 1.38. The topological polar surface area (TPSA) is 170 Å². The first kappa shape index (κ1) is 31.7. The standard InChI is InChI=1S/C27H40N4O8/c1-16(30-24(34)18-10-8-17(9-11-18)23(28)29)25(35)31-12-19(36-14-21(32)38-26(2,3)4)20(13-31)37-15-22(33)39-27(5,6)7/h8-11,16,19-20H,12-15H2,1-7H3,(H3,28,29)(H,30,34)/t16?,19-,20+. The summed E-state index contributed by atoms with van der Waals surface area (Å²) in [4.78, 5) is 51.6. The first-order valence-corrected chi connectivity index (χ1v) is 12.7. The Morgan fingerprint density at radius 2 is 1.31 bits per heavy atom. The molecule has 1 unspecified atom stereocenters. The van der Waals surface area contributed by atoms with Crippen LogP contribution in [0.5, 0.6) is 0 Å². The Labute approximate surface area is 229 Å². The van der Waals surface area contributed by atoms with Crippen molar-refractivity contribution in [2.24, 2.45) is 5.73 Å². The van der Waals surface area contributed by atoms with Gasteiger partial charge in [-0.05, 0) is 60.6 Å². The van der Waals surface area contributed by atoms with Crippen molar-refractivity contribution in [3.8, 4) is 0 Å². The average Bonchev–Trinajstić information content (AvgIpc) is 3.21. The Hall–Kier alpha value is -3.51. The lowest BCUT2D eigenvalue weighted by atomic mass is 10.1. The molecule has 216 valence electrons. The predicted molar refractivity (Wildman–Crippen MR) is 142 cm³/mol. The van der Waals surface area contributed by atoms with Crippen LogP contribution in [0.15, 0.2) is 24.3 Å². The largest absolute Gasteiger partial charge is 0.458 e. The molecule has 0 bridgehead atoms. The molecule has 3 atom stereocenters. The molecule has 0 spiro atoms. The van der Waals surface area contributed by atoms with Crippen LogP contribution in [0.2, 0.25) is 0 Å². The highest BCUT2D eigenvalue weighted by molar-refractivity contribution is 5.99. The van der Waals surface area contributed by atoms with Gasteiger partial charge in [0.05, 0.1) is 0 Å². The maximum absolute atomic E-state index is 13.2. The molecule has 2 amide bonds. The molecule has 1 saturated heterocycles. The van der Waals surface area contributed by atoms with Crippen molar-refractivity contribution in [3.63, 3.8) is 0 Å². The van der Waals surface area contributed by atoms with Gasteiger partial charge in [0.2, 0.25) is 5.91 Å². The Bertz CT molecular complexity index is 1020. The number of nitrogens with zero attached hydrogens (tertiary/aromatic N) is 1. The van der Waals surface area contributed by atoms with E-state index in [9.17, 15) is 19.2 Å². The van der Waals surface area contributed by atoms with E-state index in [1.807, 2.05) is 0 Å². The molecule has 1 aliphatic rings. The van der Waals surface area contributed by atoms with E-state index in [4.69, 9.17) is 30.1 Å². The van der Waals surface area contributed by atoms with E-state index < -0.39 is 53.2 Å². The third-order valence-electron chi connectivity index (χ3n) is 5.37. The van der Waals surface area contributed by atoms with Gasteiger partial charge in [0.15, 0.2) is 0 Å². The molecular weight excluding hydrogens is 508 g/mol. The lowest BCUT2D eigenvalue weighted by Gasteiger charge is -2.23. The van der Waals surface area contributed by atoms with Crippen LogP contribution in [0.3, 0.4) is 0 Å². The number of amidine groups is 1. The Kier molecular flexibility index (Phi) is 10.6. The van der Waals surface area contributed by atoms with Crippen LogP contribution in [0.4, 0.5) is 0 Å². The summed E-state index contributed by atoms with van der Waals surface area (Å²) in [5.41, 5.74) is 4.84. The number of amides is 2. The van der Waals surface area contributed by atoms with E-state index >= 15 is 0 Å². The normalized spacial score (nSPS) is 18.3. The van der Waals surface area contributed by atoms with Gasteiger partial charge < -0.3 is 34.9 Å². The molecule has 39 heavy (non-hydrogen) atoms. The average molecular weight is 549 g/mol. The highest BCUT2D eigenvalue weighted by Crippen LogP contribution is 2.20. The van der Waals surface area contributed by atoms with Crippen LogP contribution >= 0.6 is 0 Å². The van der Waals surface area contributed by atoms with Gasteiger partial charge in [0.1, 0.15) is 48.5 Å². The van der Waals surface area contributed by atoms with E-state index in [0.29, 0.717) is 11.1 Å². The summed E-state index contributed by atoms with van der Waals surface area (Å²) in [6.07, 6.45) is -1.43. The molecule has 1 aromatic carbocycles. The summed E-state index contributed by atoms with van der Waals surface area (Å²) in [7, 11) is 0. The van der Waals surface area contributed by atoms with Crippen molar-refractivity contribution < 1.29 is 38.1 Å². The van der Waals surface area contributed by atoms with Gasteiger partial charge in [-0.25, -0.2) is 9.59 Å². The van der Waals surface area contributed by atoms with Crippen LogP contribution in [0, 0.1) is 5.41 Å². The second-order valence-corrected chi connectivity index (χ2v) is 11.3. The fraction of sp³-hybridized carbons (Fsp3) is 0.593. The number of rotatable bonds is 10. The summed E-state index contributed by atoms with van der Waals surface area (Å²) in [6, 6.07) is 5.23. The summed E-state index contributed by atoms with van der Waals surface area (Å²) >= 11 is 0. The van der Waals surface area contributed by atoms with E-state index in [1.165, 1.54) is 17.0 Å². The number of likely N-dealkylation sites (tertiary alicyclic amines) is 1. The van der Waals surface area contributed by atoms with E-state index in [-0.39, 0.29) is 32.1 Å². The molecule has 0 aromatic heterocycles. The van der Waals surface area contributed by atoms with Gasteiger partial charge in [-0.1, -0.05) is 12.1 Å². The van der Waals surface area contributed by atoms with Crippen LogP contribution in [0.1, 0.15) is 64.4 Å². The van der Waals surface area contributed by atoms with Crippen LogP contribution in [0.25, 0.3) is 0 Å². The van der Waals surface area contributed by atoms with Crippen molar-refractivity contribution in [2.75, 3.05) is 26.3 Å². The maximum atomic E-state index is 13.2. The Morgan fingerprint density at radius 1 is 0.897 bits per heavy atom. The number of esters is 2. The molecule has 0 radical (unpaired) electrons. The first-order chi connectivity index (χ1) is 17.9. The fourth-order valence-corrected chi connectivity index (χ4v) is 3.75. The molecule has 0 saturated carbocycles. The Balaban J connectivity index is 2.04. The van der Waals surface area contributed by atoms with Gasteiger partial charge in [0, 0.05) is 24.2 Å². The number of carbonyl (C=O) groups excluding carboxylic acids is 4. The SMILES string of the molecule is CC(NC(=O)c1ccc(C(=N)N)cc1)C(=O)N1C[C@H](OCC(=O)OC(C)(C)C)[C@H](OCC(=O)OC(C)(C)C)C1. The number of nitrogens with two attached hydrogens (primary N) is 1. The molecular formula is C27H40N4O8. The molecule has 1 aliphatic heterocycles. The van der Waals surface area contributed by atoms with Gasteiger partial charge >= 0.3 is 11.9 Å². The number of ether oxygens (including phenoxy) is 4. The minimum Gasteiger partial charge on any atom is -0.458 e. The third-order valence-corrected chi connectivity index (χ3v) is 5.37. The second kappa shape index (κ2) is 13.0. The van der Waals surface area contributed by atoms with Crippen LogP contribution in [-0.4, -0.2) is 90.2 Å². The van der Waals surface area contributed by atoms with E-state index in [2.05, 4.69) is 5.32 Å². The van der Waals surface area contributed by atoms with Crippen molar-refractivity contribution in [3.05, 3.63) is 35.4 Å². The van der Waals surface area contributed by atoms with Gasteiger partial charge in [-0.2, -0.15) is 0 Å². The van der Waals surface area contributed by atoms with Crippen LogP contribution < -0.4 is 11.1 Å². The molecule has 1 aromatic rings. The first-order valence-electron chi connectivity index (χ1n) is 12.7. The van der Waals surface area contributed by atoms with Crippen molar-refractivity contribution >= 4 is 29.6 Å². The van der Waals surface area contributed by atoms with E-state index in [0.717, 1.165) is 0 Å². The molecule has 4 N–H and O–H groups in total. The summed E-state index contributed by atoms with van der Waals surface area (Å²) in [5.74, 6) is -2.13.